The van der Waals surface area contributed by atoms with Crippen molar-refractivity contribution in [1.82, 2.24) is 0 Å². The van der Waals surface area contributed by atoms with Crippen LogP contribution < -0.4 is 0 Å². The second-order valence-electron chi connectivity index (χ2n) is 3.69. The van der Waals surface area contributed by atoms with Gasteiger partial charge in [-0.25, -0.2) is 0 Å². The number of hydrogen-bond acceptors (Lipinski definition) is 3. The Labute approximate surface area is 125 Å². The predicted octanol–water partition coefficient (Wildman–Crippen LogP) is 4.83. The molecule has 0 heterocycles. The molecule has 0 aliphatic heterocycles. The molecule has 0 saturated heterocycles. The number of benzene rings is 2. The van der Waals surface area contributed by atoms with Gasteiger partial charge in [0.05, 0.1) is 5.56 Å². The predicted molar refractivity (Wildman–Crippen MR) is 77.1 cm³/mol. The number of rotatable bonds is 3. The molecule has 0 aliphatic carbocycles. The van der Waals surface area contributed by atoms with Crippen molar-refractivity contribution < 1.29 is 4.79 Å². The number of carbonyl (C=O) groups excluding carboxylic acids is 1. The fourth-order valence-corrected chi connectivity index (χ4v) is 3.14. The van der Waals surface area contributed by atoms with Gasteiger partial charge in [-0.15, -0.1) is 0 Å². The minimum Gasteiger partial charge on any atom is -0.298 e. The minimum absolute atomic E-state index is 0.450. The number of halogens is 2. The molecule has 0 saturated carbocycles. The molecule has 0 atom stereocenters. The Balaban J connectivity index is 2.38. The molecule has 2 aromatic carbocycles. The number of aldehydes is 1. The Morgan fingerprint density at radius 3 is 2.37 bits per heavy atom. The summed E-state index contributed by atoms with van der Waals surface area (Å²) in [5, 5.41) is 10.2. The Bertz CT molecular complexity index is 659. The molecule has 19 heavy (non-hydrogen) atoms. The zero-order valence-electron chi connectivity index (χ0n) is 9.56. The molecule has 2 rings (SSSR count). The zero-order valence-corrected chi connectivity index (χ0v) is 11.9. The van der Waals surface area contributed by atoms with Crippen LogP contribution in [0.15, 0.2) is 46.2 Å². The SMILES string of the molecule is N#Cc1cc(C=O)ccc1Sc1cc(Cl)cc(Cl)c1. The van der Waals surface area contributed by atoms with Gasteiger partial charge in [-0.1, -0.05) is 41.0 Å². The van der Waals surface area contributed by atoms with E-state index in [1.54, 1.807) is 36.4 Å². The topological polar surface area (TPSA) is 40.9 Å². The minimum atomic E-state index is 0.450. The van der Waals surface area contributed by atoms with Gasteiger partial charge in [0.2, 0.25) is 0 Å². The van der Waals surface area contributed by atoms with E-state index in [1.807, 2.05) is 0 Å². The van der Waals surface area contributed by atoms with Crippen LogP contribution in [-0.2, 0) is 0 Å². The Kier molecular flexibility index (Phi) is 4.49. The lowest BCUT2D eigenvalue weighted by molar-refractivity contribution is 0.112. The maximum Gasteiger partial charge on any atom is 0.150 e. The van der Waals surface area contributed by atoms with Gasteiger partial charge in [0.1, 0.15) is 12.4 Å². The standard InChI is InChI=1S/C14H7Cl2NOS/c15-11-4-12(16)6-13(5-11)19-14-2-1-9(8-18)3-10(14)7-17/h1-6,8H. The molecule has 0 spiro atoms. The van der Waals surface area contributed by atoms with Crippen LogP contribution in [0.4, 0.5) is 0 Å². The van der Waals surface area contributed by atoms with Crippen LogP contribution in [0.5, 0.6) is 0 Å². The molecule has 2 aromatic rings. The number of nitrogens with zero attached hydrogens (tertiary/aromatic N) is 1. The molecular formula is C14H7Cl2NOS. The molecule has 2 nitrogen and oxygen atoms in total. The van der Waals surface area contributed by atoms with Crippen molar-refractivity contribution in [3.63, 3.8) is 0 Å². The molecule has 0 fully saturated rings. The van der Waals surface area contributed by atoms with Crippen LogP contribution in [-0.4, -0.2) is 6.29 Å². The highest BCUT2D eigenvalue weighted by Crippen LogP contribution is 2.34. The van der Waals surface area contributed by atoms with Gasteiger partial charge in [-0.05, 0) is 30.3 Å². The van der Waals surface area contributed by atoms with Gasteiger partial charge in [0, 0.05) is 25.4 Å². The Morgan fingerprint density at radius 2 is 1.79 bits per heavy atom. The largest absolute Gasteiger partial charge is 0.298 e. The molecule has 0 unspecified atom stereocenters. The highest BCUT2D eigenvalue weighted by atomic mass is 35.5. The van der Waals surface area contributed by atoms with Gasteiger partial charge in [-0.2, -0.15) is 5.26 Å². The van der Waals surface area contributed by atoms with Crippen molar-refractivity contribution in [1.29, 1.82) is 5.26 Å². The zero-order chi connectivity index (χ0) is 13.8. The molecule has 0 amide bonds. The van der Waals surface area contributed by atoms with Gasteiger partial charge in [-0.3, -0.25) is 4.79 Å². The van der Waals surface area contributed by atoms with E-state index in [0.29, 0.717) is 27.5 Å². The van der Waals surface area contributed by atoms with E-state index in [9.17, 15) is 4.79 Å². The summed E-state index contributed by atoms with van der Waals surface area (Å²) in [6.07, 6.45) is 0.714. The third kappa shape index (κ3) is 3.51. The average Bonchev–Trinajstić information content (AvgIpc) is 2.38. The number of nitriles is 1. The molecular weight excluding hydrogens is 301 g/mol. The van der Waals surface area contributed by atoms with Gasteiger partial charge >= 0.3 is 0 Å². The molecule has 94 valence electrons. The van der Waals surface area contributed by atoms with E-state index in [1.165, 1.54) is 11.8 Å². The smallest absolute Gasteiger partial charge is 0.150 e. The molecule has 0 bridgehead atoms. The highest BCUT2D eigenvalue weighted by Gasteiger charge is 2.07. The van der Waals surface area contributed by atoms with E-state index in [4.69, 9.17) is 28.5 Å². The Hall–Kier alpha value is -1.47. The van der Waals surface area contributed by atoms with Crippen molar-refractivity contribution in [2.24, 2.45) is 0 Å². The lowest BCUT2D eigenvalue weighted by Crippen LogP contribution is -1.86. The molecule has 0 aromatic heterocycles. The van der Waals surface area contributed by atoms with Crippen molar-refractivity contribution >= 4 is 41.2 Å². The first kappa shape index (κ1) is 14.0. The van der Waals surface area contributed by atoms with E-state index >= 15 is 0 Å². The monoisotopic (exact) mass is 307 g/mol. The lowest BCUT2D eigenvalue weighted by atomic mass is 10.1. The summed E-state index contributed by atoms with van der Waals surface area (Å²) in [7, 11) is 0. The summed E-state index contributed by atoms with van der Waals surface area (Å²) >= 11 is 13.2. The number of hydrogen-bond donors (Lipinski definition) is 0. The second kappa shape index (κ2) is 6.12. The lowest BCUT2D eigenvalue weighted by Gasteiger charge is -2.05. The van der Waals surface area contributed by atoms with Crippen molar-refractivity contribution in [2.75, 3.05) is 0 Å². The first-order valence-electron chi connectivity index (χ1n) is 5.25. The first-order chi connectivity index (χ1) is 9.12. The molecule has 5 heteroatoms. The van der Waals surface area contributed by atoms with Gasteiger partial charge in [0.15, 0.2) is 0 Å². The van der Waals surface area contributed by atoms with Crippen LogP contribution in [0, 0.1) is 11.3 Å². The summed E-state index contributed by atoms with van der Waals surface area (Å²) in [6.45, 7) is 0. The quantitative estimate of drug-likeness (QED) is 0.763. The summed E-state index contributed by atoms with van der Waals surface area (Å²) in [5.74, 6) is 0. The van der Waals surface area contributed by atoms with Crippen LogP contribution in [0.3, 0.4) is 0 Å². The normalized spacial score (nSPS) is 9.95. The van der Waals surface area contributed by atoms with Gasteiger partial charge in [0.25, 0.3) is 0 Å². The third-order valence-electron chi connectivity index (χ3n) is 2.32. The molecule has 0 radical (unpaired) electrons. The van der Waals surface area contributed by atoms with Crippen LogP contribution >= 0.6 is 35.0 Å². The maximum absolute atomic E-state index is 10.7. The van der Waals surface area contributed by atoms with Crippen molar-refractivity contribution in [2.45, 2.75) is 9.79 Å². The molecule has 0 aliphatic rings. The van der Waals surface area contributed by atoms with Crippen LogP contribution in [0.25, 0.3) is 0 Å². The molecule has 0 N–H and O–H groups in total. The van der Waals surface area contributed by atoms with Gasteiger partial charge < -0.3 is 0 Å². The summed E-state index contributed by atoms with van der Waals surface area (Å²) in [5.41, 5.74) is 0.927. The Morgan fingerprint density at radius 1 is 1.11 bits per heavy atom. The number of carbonyl (C=O) groups is 1. The average molecular weight is 308 g/mol. The first-order valence-corrected chi connectivity index (χ1v) is 6.83. The fraction of sp³-hybridized carbons (Fsp3) is 0. The van der Waals surface area contributed by atoms with Crippen LogP contribution in [0.2, 0.25) is 10.0 Å². The van der Waals surface area contributed by atoms with E-state index in [0.717, 1.165) is 9.79 Å². The van der Waals surface area contributed by atoms with E-state index in [2.05, 4.69) is 6.07 Å². The second-order valence-corrected chi connectivity index (χ2v) is 5.68. The fourth-order valence-electron chi connectivity index (χ4n) is 1.51. The maximum atomic E-state index is 10.7. The summed E-state index contributed by atoms with van der Waals surface area (Å²) in [6, 6.07) is 12.2. The van der Waals surface area contributed by atoms with Crippen molar-refractivity contribution in [3.8, 4) is 6.07 Å². The summed E-state index contributed by atoms with van der Waals surface area (Å²) in [4.78, 5) is 12.3. The summed E-state index contributed by atoms with van der Waals surface area (Å²) < 4.78 is 0. The third-order valence-corrected chi connectivity index (χ3v) is 3.81. The van der Waals surface area contributed by atoms with E-state index in [-0.39, 0.29) is 0 Å². The van der Waals surface area contributed by atoms with Crippen molar-refractivity contribution in [3.05, 3.63) is 57.6 Å². The van der Waals surface area contributed by atoms with Crippen LogP contribution in [0.1, 0.15) is 15.9 Å². The van der Waals surface area contributed by atoms with E-state index < -0.39 is 0 Å². The highest BCUT2D eigenvalue weighted by molar-refractivity contribution is 7.99.